The van der Waals surface area contributed by atoms with Gasteiger partial charge in [-0.2, -0.15) is 0 Å². The number of anilines is 1. The van der Waals surface area contributed by atoms with Crippen molar-refractivity contribution < 1.29 is 4.79 Å². The average Bonchev–Trinajstić information content (AvgIpc) is 3.11. The number of nitrogens with one attached hydrogen (secondary N) is 2. The molecule has 5 nitrogen and oxygen atoms in total. The van der Waals surface area contributed by atoms with Crippen LogP contribution in [0.3, 0.4) is 0 Å². The summed E-state index contributed by atoms with van der Waals surface area (Å²) in [7, 11) is 0. The summed E-state index contributed by atoms with van der Waals surface area (Å²) in [5.41, 5.74) is 1.20. The van der Waals surface area contributed by atoms with Crippen molar-refractivity contribution in [3.05, 3.63) is 35.9 Å². The number of nitrogens with zero attached hydrogens (tertiary/aromatic N) is 2. The number of rotatable bonds is 7. The number of aromatic nitrogens is 2. The van der Waals surface area contributed by atoms with Crippen LogP contribution in [0.5, 0.6) is 0 Å². The predicted octanol–water partition coefficient (Wildman–Crippen LogP) is 4.18. The van der Waals surface area contributed by atoms with Gasteiger partial charge in [-0.3, -0.25) is 4.79 Å². The normalized spacial score (nSPS) is 22.8. The lowest BCUT2D eigenvalue weighted by atomic mass is 9.78. The first-order valence-corrected chi connectivity index (χ1v) is 11.0. The second kappa shape index (κ2) is 9.37. The largest absolute Gasteiger partial charge is 0.356 e. The van der Waals surface area contributed by atoms with E-state index in [2.05, 4.69) is 46.8 Å². The van der Waals surface area contributed by atoms with Crippen LogP contribution in [-0.2, 0) is 11.3 Å². The van der Waals surface area contributed by atoms with E-state index < -0.39 is 0 Å². The molecule has 1 aliphatic rings. The molecule has 1 saturated carbocycles. The molecule has 1 aromatic heterocycles. The molecule has 3 atom stereocenters. The van der Waals surface area contributed by atoms with Crippen molar-refractivity contribution in [2.45, 2.75) is 50.0 Å². The van der Waals surface area contributed by atoms with Gasteiger partial charge in [0.25, 0.3) is 0 Å². The van der Waals surface area contributed by atoms with E-state index in [-0.39, 0.29) is 5.91 Å². The number of hydrogen-bond donors (Lipinski definition) is 2. The molecule has 0 spiro atoms. The summed E-state index contributed by atoms with van der Waals surface area (Å²) in [5.74, 6) is 1.72. The highest BCUT2D eigenvalue weighted by Crippen LogP contribution is 2.30. The van der Waals surface area contributed by atoms with Gasteiger partial charge in [0.2, 0.25) is 11.0 Å². The van der Waals surface area contributed by atoms with Crippen LogP contribution in [0.4, 0.5) is 5.13 Å². The Labute approximate surface area is 163 Å². The molecule has 0 saturated heterocycles. The first-order chi connectivity index (χ1) is 12.6. The summed E-state index contributed by atoms with van der Waals surface area (Å²) in [6, 6.07) is 10.5. The first kappa shape index (κ1) is 19.2. The Kier molecular flexibility index (Phi) is 6.91. The molecular formula is C19H26N4OS2. The van der Waals surface area contributed by atoms with Crippen LogP contribution in [-0.4, -0.2) is 27.9 Å². The summed E-state index contributed by atoms with van der Waals surface area (Å²) in [6.07, 6.45) is 3.57. The molecule has 26 heavy (non-hydrogen) atoms. The summed E-state index contributed by atoms with van der Waals surface area (Å²) >= 11 is 2.95. The number of benzene rings is 1. The first-order valence-electron chi connectivity index (χ1n) is 9.15. The third-order valence-corrected chi connectivity index (χ3v) is 7.09. The van der Waals surface area contributed by atoms with Crippen molar-refractivity contribution in [3.8, 4) is 0 Å². The fourth-order valence-electron chi connectivity index (χ4n) is 3.27. The van der Waals surface area contributed by atoms with E-state index in [9.17, 15) is 4.79 Å². The number of carbonyl (C=O) groups is 1. The van der Waals surface area contributed by atoms with Gasteiger partial charge in [0.05, 0.1) is 5.75 Å². The second-order valence-corrected chi connectivity index (χ2v) is 9.14. The smallest absolute Gasteiger partial charge is 0.230 e. The molecule has 0 unspecified atom stereocenters. The van der Waals surface area contributed by atoms with Crippen LogP contribution in [0.15, 0.2) is 34.7 Å². The molecule has 1 aromatic carbocycles. The molecule has 1 amide bonds. The Morgan fingerprint density at radius 2 is 2.04 bits per heavy atom. The molecular weight excluding hydrogens is 364 g/mol. The molecule has 0 radical (unpaired) electrons. The van der Waals surface area contributed by atoms with Gasteiger partial charge in [0, 0.05) is 12.6 Å². The highest BCUT2D eigenvalue weighted by Gasteiger charge is 2.28. The molecule has 1 heterocycles. The minimum atomic E-state index is 0.0925. The highest BCUT2D eigenvalue weighted by molar-refractivity contribution is 8.01. The van der Waals surface area contributed by atoms with Gasteiger partial charge in [-0.1, -0.05) is 80.1 Å². The summed E-state index contributed by atoms with van der Waals surface area (Å²) < 4.78 is 0.820. The molecule has 1 aliphatic carbocycles. The van der Waals surface area contributed by atoms with Crippen molar-refractivity contribution >= 4 is 34.1 Å². The number of amides is 1. The van der Waals surface area contributed by atoms with E-state index in [1.54, 1.807) is 0 Å². The van der Waals surface area contributed by atoms with Crippen molar-refractivity contribution in [3.63, 3.8) is 0 Å². The zero-order valence-electron chi connectivity index (χ0n) is 15.3. The van der Waals surface area contributed by atoms with Gasteiger partial charge < -0.3 is 10.6 Å². The maximum Gasteiger partial charge on any atom is 0.230 e. The molecule has 2 N–H and O–H groups in total. The van der Waals surface area contributed by atoms with Crippen LogP contribution in [0.2, 0.25) is 0 Å². The Balaban J connectivity index is 1.42. The SMILES string of the molecule is C[C@@H]1[C@@H](C)CCC[C@H]1NC(=O)CSc1nnc(NCc2ccccc2)s1. The number of hydrogen-bond acceptors (Lipinski definition) is 6. The van der Waals surface area contributed by atoms with Gasteiger partial charge in [-0.05, 0) is 23.8 Å². The average molecular weight is 391 g/mol. The Hall–Kier alpha value is -1.60. The van der Waals surface area contributed by atoms with E-state index in [0.29, 0.717) is 23.6 Å². The Morgan fingerprint density at radius 3 is 2.85 bits per heavy atom. The predicted molar refractivity (Wildman–Crippen MR) is 109 cm³/mol. The van der Waals surface area contributed by atoms with Crippen LogP contribution in [0, 0.1) is 11.8 Å². The molecule has 140 valence electrons. The van der Waals surface area contributed by atoms with Crippen molar-refractivity contribution in [1.29, 1.82) is 0 Å². The highest BCUT2D eigenvalue weighted by atomic mass is 32.2. The van der Waals surface area contributed by atoms with Crippen LogP contribution >= 0.6 is 23.1 Å². The monoisotopic (exact) mass is 390 g/mol. The molecule has 3 rings (SSSR count). The van der Waals surface area contributed by atoms with Crippen LogP contribution in [0.1, 0.15) is 38.7 Å². The lowest BCUT2D eigenvalue weighted by Gasteiger charge is -2.34. The maximum atomic E-state index is 12.3. The minimum Gasteiger partial charge on any atom is -0.356 e. The van der Waals surface area contributed by atoms with E-state index in [4.69, 9.17) is 0 Å². The van der Waals surface area contributed by atoms with E-state index in [1.165, 1.54) is 41.5 Å². The van der Waals surface area contributed by atoms with Gasteiger partial charge in [0.15, 0.2) is 4.34 Å². The van der Waals surface area contributed by atoms with Crippen molar-refractivity contribution in [2.24, 2.45) is 11.8 Å². The Bertz CT molecular complexity index is 707. The van der Waals surface area contributed by atoms with Crippen molar-refractivity contribution in [1.82, 2.24) is 15.5 Å². The fourth-order valence-corrected chi connectivity index (χ4v) is 4.83. The van der Waals surface area contributed by atoms with Gasteiger partial charge in [0.1, 0.15) is 0 Å². The van der Waals surface area contributed by atoms with E-state index in [0.717, 1.165) is 22.4 Å². The molecule has 7 heteroatoms. The lowest BCUT2D eigenvalue weighted by Crippen LogP contribution is -2.44. The summed E-state index contributed by atoms with van der Waals surface area (Å²) in [4.78, 5) is 12.3. The zero-order chi connectivity index (χ0) is 18.4. The third kappa shape index (κ3) is 5.45. The summed E-state index contributed by atoms with van der Waals surface area (Å²) in [5, 5.41) is 15.6. The molecule has 1 fully saturated rings. The standard InChI is InChI=1S/C19H26N4OS2/c1-13-7-6-10-16(14(13)2)21-17(24)12-25-19-23-22-18(26-19)20-11-15-8-4-3-5-9-15/h3-5,8-9,13-14,16H,6-7,10-12H2,1-2H3,(H,20,22)(H,21,24)/t13-,14+,16+/m0/s1. The maximum absolute atomic E-state index is 12.3. The molecule has 0 aliphatic heterocycles. The van der Waals surface area contributed by atoms with Crippen molar-refractivity contribution in [2.75, 3.05) is 11.1 Å². The molecule has 0 bridgehead atoms. The lowest BCUT2D eigenvalue weighted by molar-refractivity contribution is -0.119. The quantitative estimate of drug-likeness (QED) is 0.694. The number of thioether (sulfide) groups is 1. The number of carbonyl (C=O) groups excluding carboxylic acids is 1. The molecule has 2 aromatic rings. The van der Waals surface area contributed by atoms with Crippen LogP contribution < -0.4 is 10.6 Å². The fraction of sp³-hybridized carbons (Fsp3) is 0.526. The van der Waals surface area contributed by atoms with E-state index >= 15 is 0 Å². The summed E-state index contributed by atoms with van der Waals surface area (Å²) in [6.45, 7) is 5.25. The minimum absolute atomic E-state index is 0.0925. The Morgan fingerprint density at radius 1 is 1.23 bits per heavy atom. The van der Waals surface area contributed by atoms with Crippen LogP contribution in [0.25, 0.3) is 0 Å². The third-order valence-electron chi connectivity index (χ3n) is 5.07. The topological polar surface area (TPSA) is 66.9 Å². The van der Waals surface area contributed by atoms with E-state index in [1.807, 2.05) is 18.2 Å². The van der Waals surface area contributed by atoms with Gasteiger partial charge in [-0.15, -0.1) is 10.2 Å². The zero-order valence-corrected chi connectivity index (χ0v) is 16.9. The second-order valence-electron chi connectivity index (χ2n) is 6.94. The van der Waals surface area contributed by atoms with Gasteiger partial charge in [-0.25, -0.2) is 0 Å². The van der Waals surface area contributed by atoms with Gasteiger partial charge >= 0.3 is 0 Å².